The molecule has 1 aliphatic carbocycles. The SMILES string of the molecule is CC(C)(C)c1cc(CC(=O)CN2Cc3ccc(C4CC4)nc3C2=N)cc(N2CCCC2)c1OCC(=O)O. The second-order valence-electron chi connectivity index (χ2n) is 11.6. The Morgan fingerprint density at radius 2 is 1.89 bits per heavy atom. The minimum Gasteiger partial charge on any atom is -0.479 e. The molecule has 5 rings (SSSR count). The highest BCUT2D eigenvalue weighted by molar-refractivity contribution is 6.00. The molecule has 0 spiro atoms. The minimum atomic E-state index is -1.01. The van der Waals surface area contributed by atoms with E-state index in [2.05, 4.69) is 37.8 Å². The number of carbonyl (C=O) groups is 2. The van der Waals surface area contributed by atoms with Gasteiger partial charge in [0.15, 0.2) is 12.4 Å². The number of pyridine rings is 1. The number of carboxylic acids is 1. The van der Waals surface area contributed by atoms with Crippen molar-refractivity contribution in [2.45, 2.75) is 70.8 Å². The maximum atomic E-state index is 13.3. The number of Topliss-reactive ketones (excluding diaryl/α,β-unsaturated/α-hetero) is 1. The van der Waals surface area contributed by atoms with Gasteiger partial charge in [-0.2, -0.15) is 0 Å². The van der Waals surface area contributed by atoms with Crippen LogP contribution in [-0.4, -0.2) is 58.8 Å². The standard InChI is InChI=1S/C29H36N4O4/c1-29(2,3)22-13-18(14-24(32-10-4-5-11-32)27(22)37-17-25(35)36)12-21(34)16-33-15-20-8-9-23(19-6-7-19)31-26(20)28(33)30/h8-9,13-14,19,30H,4-7,10-12,15-17H2,1-3H3,(H,35,36). The van der Waals surface area contributed by atoms with Gasteiger partial charge in [0.05, 0.1) is 12.2 Å². The second kappa shape index (κ2) is 9.80. The predicted molar refractivity (Wildman–Crippen MR) is 142 cm³/mol. The average molecular weight is 505 g/mol. The van der Waals surface area contributed by atoms with Crippen LogP contribution in [0.3, 0.4) is 0 Å². The first kappa shape index (κ1) is 25.2. The van der Waals surface area contributed by atoms with E-state index < -0.39 is 12.6 Å². The van der Waals surface area contributed by atoms with Crippen LogP contribution < -0.4 is 9.64 Å². The topological polar surface area (TPSA) is 107 Å². The van der Waals surface area contributed by atoms with Crippen molar-refractivity contribution in [3.8, 4) is 5.75 Å². The van der Waals surface area contributed by atoms with E-state index in [9.17, 15) is 14.7 Å². The molecule has 0 atom stereocenters. The molecule has 1 aromatic heterocycles. The first-order valence-corrected chi connectivity index (χ1v) is 13.2. The van der Waals surface area contributed by atoms with Crippen molar-refractivity contribution < 1.29 is 19.4 Å². The summed E-state index contributed by atoms with van der Waals surface area (Å²) in [6.07, 6.45) is 4.71. The van der Waals surface area contributed by atoms with Gasteiger partial charge < -0.3 is 19.6 Å². The number of carboxylic acid groups (broad SMARTS) is 1. The van der Waals surface area contributed by atoms with Gasteiger partial charge in [-0.25, -0.2) is 9.78 Å². The summed E-state index contributed by atoms with van der Waals surface area (Å²) in [5, 5.41) is 17.9. The molecule has 37 heavy (non-hydrogen) atoms. The number of carbonyl (C=O) groups excluding carboxylic acids is 1. The number of fused-ring (bicyclic) bond motifs is 1. The van der Waals surface area contributed by atoms with Crippen LogP contribution in [0.15, 0.2) is 24.3 Å². The third kappa shape index (κ3) is 5.48. The van der Waals surface area contributed by atoms with Gasteiger partial charge in [0.25, 0.3) is 0 Å². The van der Waals surface area contributed by atoms with Crippen LogP contribution in [0.5, 0.6) is 5.75 Å². The summed E-state index contributed by atoms with van der Waals surface area (Å²) >= 11 is 0. The fourth-order valence-corrected chi connectivity index (χ4v) is 5.32. The molecular formula is C29H36N4O4. The summed E-state index contributed by atoms with van der Waals surface area (Å²) in [6.45, 7) is 8.26. The molecular weight excluding hydrogens is 468 g/mol. The van der Waals surface area contributed by atoms with E-state index in [1.165, 1.54) is 0 Å². The molecule has 0 unspecified atom stereocenters. The molecule has 0 amide bonds. The Morgan fingerprint density at radius 1 is 1.16 bits per heavy atom. The number of anilines is 1. The van der Waals surface area contributed by atoms with Crippen molar-refractivity contribution in [1.29, 1.82) is 5.41 Å². The Hall–Kier alpha value is -3.42. The van der Waals surface area contributed by atoms with Crippen LogP contribution in [0, 0.1) is 5.41 Å². The lowest BCUT2D eigenvalue weighted by Crippen LogP contribution is -2.31. The highest BCUT2D eigenvalue weighted by Crippen LogP contribution is 2.42. The number of amidine groups is 1. The van der Waals surface area contributed by atoms with Gasteiger partial charge in [-0.1, -0.05) is 32.9 Å². The zero-order chi connectivity index (χ0) is 26.3. The lowest BCUT2D eigenvalue weighted by molar-refractivity contribution is -0.139. The number of nitrogens with zero attached hydrogens (tertiary/aromatic N) is 3. The van der Waals surface area contributed by atoms with E-state index in [4.69, 9.17) is 15.1 Å². The molecule has 3 aliphatic rings. The van der Waals surface area contributed by atoms with E-state index >= 15 is 0 Å². The summed E-state index contributed by atoms with van der Waals surface area (Å²) in [5.41, 5.74) is 5.14. The molecule has 1 saturated carbocycles. The van der Waals surface area contributed by atoms with Gasteiger partial charge >= 0.3 is 5.97 Å². The van der Waals surface area contributed by atoms with Crippen molar-refractivity contribution in [2.24, 2.45) is 0 Å². The highest BCUT2D eigenvalue weighted by Gasteiger charge is 2.32. The predicted octanol–water partition coefficient (Wildman–Crippen LogP) is 4.27. The Labute approximate surface area is 218 Å². The number of hydrogen-bond acceptors (Lipinski definition) is 6. The zero-order valence-electron chi connectivity index (χ0n) is 22.0. The van der Waals surface area contributed by atoms with E-state index in [0.717, 1.165) is 66.8 Å². The summed E-state index contributed by atoms with van der Waals surface area (Å²) in [6, 6.07) is 8.10. The number of ketones is 1. The molecule has 2 aliphatic heterocycles. The summed E-state index contributed by atoms with van der Waals surface area (Å²) < 4.78 is 5.85. The van der Waals surface area contributed by atoms with Crippen molar-refractivity contribution in [3.05, 3.63) is 52.3 Å². The monoisotopic (exact) mass is 504 g/mol. The number of rotatable bonds is 9. The third-order valence-electron chi connectivity index (χ3n) is 7.39. The quantitative estimate of drug-likeness (QED) is 0.525. The smallest absolute Gasteiger partial charge is 0.341 e. The third-order valence-corrected chi connectivity index (χ3v) is 7.39. The Bertz CT molecular complexity index is 1240. The van der Waals surface area contributed by atoms with Gasteiger partial charge in [-0.05, 0) is 48.8 Å². The fraction of sp³-hybridized carbons (Fsp3) is 0.517. The molecule has 2 aromatic rings. The van der Waals surface area contributed by atoms with Gasteiger partial charge in [-0.3, -0.25) is 10.2 Å². The highest BCUT2D eigenvalue weighted by atomic mass is 16.5. The van der Waals surface area contributed by atoms with Crippen molar-refractivity contribution >= 4 is 23.3 Å². The summed E-state index contributed by atoms with van der Waals surface area (Å²) in [4.78, 5) is 33.3. The Balaban J connectivity index is 1.37. The lowest BCUT2D eigenvalue weighted by Gasteiger charge is -2.29. The van der Waals surface area contributed by atoms with Crippen molar-refractivity contribution in [2.75, 3.05) is 31.1 Å². The summed E-state index contributed by atoms with van der Waals surface area (Å²) in [7, 11) is 0. The molecule has 3 heterocycles. The molecule has 0 bridgehead atoms. The van der Waals surface area contributed by atoms with E-state index in [-0.39, 0.29) is 24.2 Å². The van der Waals surface area contributed by atoms with Gasteiger partial charge in [0, 0.05) is 48.8 Å². The molecule has 2 fully saturated rings. The average Bonchev–Trinajstić information content (AvgIpc) is 3.45. The van der Waals surface area contributed by atoms with Gasteiger partial charge in [-0.15, -0.1) is 0 Å². The fourth-order valence-electron chi connectivity index (χ4n) is 5.32. The Kier molecular flexibility index (Phi) is 6.68. The number of ether oxygens (including phenoxy) is 1. The minimum absolute atomic E-state index is 0.0337. The number of nitrogens with one attached hydrogen (secondary N) is 1. The van der Waals surface area contributed by atoms with Gasteiger partial charge in [0.1, 0.15) is 17.3 Å². The molecule has 2 N–H and O–H groups in total. The van der Waals surface area contributed by atoms with Gasteiger partial charge in [0.2, 0.25) is 0 Å². The van der Waals surface area contributed by atoms with Crippen molar-refractivity contribution in [3.63, 3.8) is 0 Å². The van der Waals surface area contributed by atoms with Crippen LogP contribution in [0.4, 0.5) is 5.69 Å². The van der Waals surface area contributed by atoms with E-state index in [1.807, 2.05) is 17.0 Å². The molecule has 1 aromatic carbocycles. The van der Waals surface area contributed by atoms with E-state index in [0.29, 0.717) is 29.7 Å². The number of aliphatic carboxylic acids is 1. The van der Waals surface area contributed by atoms with E-state index in [1.54, 1.807) is 0 Å². The van der Waals surface area contributed by atoms with Crippen LogP contribution in [0.1, 0.15) is 80.5 Å². The van der Waals surface area contributed by atoms with Crippen LogP contribution in [0.25, 0.3) is 0 Å². The first-order valence-electron chi connectivity index (χ1n) is 13.2. The molecule has 1 saturated heterocycles. The molecule has 196 valence electrons. The number of aromatic nitrogens is 1. The maximum Gasteiger partial charge on any atom is 0.341 e. The second-order valence-corrected chi connectivity index (χ2v) is 11.6. The summed E-state index contributed by atoms with van der Waals surface area (Å²) in [5.74, 6) is 0.474. The Morgan fingerprint density at radius 3 is 2.54 bits per heavy atom. The molecule has 0 radical (unpaired) electrons. The lowest BCUT2D eigenvalue weighted by atomic mass is 9.84. The zero-order valence-corrected chi connectivity index (χ0v) is 22.0. The molecule has 8 nitrogen and oxygen atoms in total. The first-order chi connectivity index (χ1) is 17.6. The van der Waals surface area contributed by atoms with Crippen LogP contribution in [-0.2, 0) is 28.0 Å². The maximum absolute atomic E-state index is 13.3. The number of benzene rings is 1. The molecule has 8 heteroatoms. The largest absolute Gasteiger partial charge is 0.479 e. The van der Waals surface area contributed by atoms with Crippen molar-refractivity contribution in [1.82, 2.24) is 9.88 Å². The van der Waals surface area contributed by atoms with Crippen LogP contribution in [0.2, 0.25) is 0 Å². The normalized spacial score (nSPS) is 17.3. The number of hydrogen-bond donors (Lipinski definition) is 2. The van der Waals surface area contributed by atoms with Crippen LogP contribution >= 0.6 is 0 Å².